The first kappa shape index (κ1) is 12.8. The standard InChI is InChI=1S/C14H10N4S/c1-8-4-2-3-5-9(8)12-10(6-15)13(17)18-14(19)11(12)7-16/h2-5H,1H3,(H3,17,18,19). The van der Waals surface area contributed by atoms with Crippen molar-refractivity contribution in [3.05, 3.63) is 45.6 Å². The number of benzene rings is 1. The van der Waals surface area contributed by atoms with Gasteiger partial charge in [-0.1, -0.05) is 36.5 Å². The number of nitriles is 2. The van der Waals surface area contributed by atoms with Crippen molar-refractivity contribution in [2.45, 2.75) is 6.92 Å². The highest BCUT2D eigenvalue weighted by molar-refractivity contribution is 7.71. The summed E-state index contributed by atoms with van der Waals surface area (Å²) in [7, 11) is 0. The van der Waals surface area contributed by atoms with Crippen molar-refractivity contribution >= 4 is 18.0 Å². The van der Waals surface area contributed by atoms with E-state index in [1.54, 1.807) is 0 Å². The molecule has 0 bridgehead atoms. The molecule has 3 N–H and O–H groups in total. The van der Waals surface area contributed by atoms with Gasteiger partial charge in [-0.15, -0.1) is 0 Å². The smallest absolute Gasteiger partial charge is 0.123 e. The predicted molar refractivity (Wildman–Crippen MR) is 75.6 cm³/mol. The Labute approximate surface area is 115 Å². The van der Waals surface area contributed by atoms with E-state index in [1.807, 2.05) is 43.3 Å². The van der Waals surface area contributed by atoms with Crippen LogP contribution in [0.25, 0.3) is 11.1 Å². The fraction of sp³-hybridized carbons (Fsp3) is 0.0714. The Hall–Kier alpha value is -2.63. The highest BCUT2D eigenvalue weighted by Gasteiger charge is 2.17. The van der Waals surface area contributed by atoms with E-state index < -0.39 is 0 Å². The summed E-state index contributed by atoms with van der Waals surface area (Å²) >= 11 is 5.11. The molecule has 4 nitrogen and oxygen atoms in total. The number of hydrogen-bond acceptors (Lipinski definition) is 4. The third-order valence-corrected chi connectivity index (χ3v) is 3.19. The van der Waals surface area contributed by atoms with Crippen molar-refractivity contribution in [3.63, 3.8) is 0 Å². The number of nitrogens with two attached hydrogens (primary N) is 1. The fourth-order valence-electron chi connectivity index (χ4n) is 1.97. The molecule has 19 heavy (non-hydrogen) atoms. The van der Waals surface area contributed by atoms with Gasteiger partial charge < -0.3 is 10.7 Å². The van der Waals surface area contributed by atoms with Gasteiger partial charge in [0.2, 0.25) is 0 Å². The van der Waals surface area contributed by atoms with Crippen molar-refractivity contribution in [3.8, 4) is 23.3 Å². The van der Waals surface area contributed by atoms with Gasteiger partial charge in [-0.05, 0) is 18.1 Å². The van der Waals surface area contributed by atoms with E-state index in [0.29, 0.717) is 5.56 Å². The van der Waals surface area contributed by atoms with E-state index in [-0.39, 0.29) is 21.6 Å². The van der Waals surface area contributed by atoms with Crippen LogP contribution in [0.2, 0.25) is 0 Å². The number of nitrogens with zero attached hydrogens (tertiary/aromatic N) is 2. The Morgan fingerprint density at radius 2 is 1.79 bits per heavy atom. The molecule has 0 saturated carbocycles. The Morgan fingerprint density at radius 3 is 2.37 bits per heavy atom. The number of hydrogen-bond donors (Lipinski definition) is 2. The van der Waals surface area contributed by atoms with Gasteiger partial charge in [0, 0.05) is 5.56 Å². The lowest BCUT2D eigenvalue weighted by Crippen LogP contribution is -2.02. The molecule has 92 valence electrons. The predicted octanol–water partition coefficient (Wildman–Crippen LogP) is 3.05. The Bertz CT molecular complexity index is 791. The highest BCUT2D eigenvalue weighted by atomic mass is 32.1. The molecule has 1 heterocycles. The number of aromatic amines is 1. The topological polar surface area (TPSA) is 89.4 Å². The molecule has 0 radical (unpaired) electrons. The van der Waals surface area contributed by atoms with Crippen LogP contribution in [-0.2, 0) is 0 Å². The van der Waals surface area contributed by atoms with Crippen LogP contribution in [0.5, 0.6) is 0 Å². The molecular weight excluding hydrogens is 256 g/mol. The van der Waals surface area contributed by atoms with Crippen LogP contribution in [0.1, 0.15) is 16.7 Å². The lowest BCUT2D eigenvalue weighted by atomic mass is 9.94. The van der Waals surface area contributed by atoms with Crippen LogP contribution in [0, 0.1) is 34.2 Å². The fourth-order valence-corrected chi connectivity index (χ4v) is 2.22. The average Bonchev–Trinajstić information content (AvgIpc) is 2.38. The second-order valence-electron chi connectivity index (χ2n) is 4.03. The van der Waals surface area contributed by atoms with Crippen LogP contribution in [0.4, 0.5) is 5.82 Å². The Morgan fingerprint density at radius 1 is 1.16 bits per heavy atom. The first-order valence-corrected chi connectivity index (χ1v) is 5.93. The summed E-state index contributed by atoms with van der Waals surface area (Å²) < 4.78 is 0.247. The molecular formula is C14H10N4S. The summed E-state index contributed by atoms with van der Waals surface area (Å²) in [5, 5.41) is 18.5. The number of pyridine rings is 1. The summed E-state index contributed by atoms with van der Waals surface area (Å²) in [6, 6.07) is 11.6. The molecule has 0 amide bonds. The molecule has 0 spiro atoms. The van der Waals surface area contributed by atoms with Crippen LogP contribution in [-0.4, -0.2) is 4.98 Å². The van der Waals surface area contributed by atoms with Gasteiger partial charge in [0.15, 0.2) is 0 Å². The summed E-state index contributed by atoms with van der Waals surface area (Å²) in [6.45, 7) is 1.91. The number of rotatable bonds is 1. The molecule has 0 fully saturated rings. The lowest BCUT2D eigenvalue weighted by Gasteiger charge is -2.11. The summed E-state index contributed by atoms with van der Waals surface area (Å²) in [5.74, 6) is 0.185. The summed E-state index contributed by atoms with van der Waals surface area (Å²) in [5.41, 5.74) is 8.56. The first-order chi connectivity index (χ1) is 9.10. The van der Waals surface area contributed by atoms with Crippen molar-refractivity contribution in [1.82, 2.24) is 4.98 Å². The van der Waals surface area contributed by atoms with Gasteiger partial charge in [-0.25, -0.2) is 0 Å². The van der Waals surface area contributed by atoms with Gasteiger partial charge in [0.25, 0.3) is 0 Å². The molecule has 2 rings (SSSR count). The largest absolute Gasteiger partial charge is 0.384 e. The maximum absolute atomic E-state index is 9.28. The normalized spacial score (nSPS) is 9.63. The van der Waals surface area contributed by atoms with Crippen molar-refractivity contribution in [1.29, 1.82) is 10.5 Å². The Kier molecular flexibility index (Phi) is 3.33. The minimum Gasteiger partial charge on any atom is -0.384 e. The number of anilines is 1. The summed E-state index contributed by atoms with van der Waals surface area (Å²) in [6.07, 6.45) is 0. The molecule has 0 aliphatic rings. The van der Waals surface area contributed by atoms with E-state index in [2.05, 4.69) is 4.98 Å². The molecule has 5 heteroatoms. The first-order valence-electron chi connectivity index (χ1n) is 5.52. The third kappa shape index (κ3) is 2.08. The van der Waals surface area contributed by atoms with Crippen molar-refractivity contribution < 1.29 is 0 Å². The van der Waals surface area contributed by atoms with Gasteiger partial charge in [-0.3, -0.25) is 0 Å². The van der Waals surface area contributed by atoms with Crippen LogP contribution in [0.3, 0.4) is 0 Å². The Balaban J connectivity index is 2.99. The molecule has 1 aromatic carbocycles. The molecule has 0 aliphatic carbocycles. The number of aromatic nitrogens is 1. The van der Waals surface area contributed by atoms with E-state index >= 15 is 0 Å². The minimum absolute atomic E-state index is 0.185. The second-order valence-corrected chi connectivity index (χ2v) is 4.44. The minimum atomic E-state index is 0.185. The zero-order chi connectivity index (χ0) is 14.0. The van der Waals surface area contributed by atoms with Gasteiger partial charge >= 0.3 is 0 Å². The van der Waals surface area contributed by atoms with Crippen molar-refractivity contribution in [2.75, 3.05) is 5.73 Å². The number of aryl methyl sites for hydroxylation is 1. The molecule has 0 atom stereocenters. The number of nitrogens with one attached hydrogen (secondary N) is 1. The quantitative estimate of drug-likeness (QED) is 0.776. The van der Waals surface area contributed by atoms with E-state index in [0.717, 1.165) is 11.1 Å². The van der Waals surface area contributed by atoms with E-state index in [1.165, 1.54) is 0 Å². The van der Waals surface area contributed by atoms with Crippen LogP contribution in [0.15, 0.2) is 24.3 Å². The molecule has 1 aromatic heterocycles. The molecule has 0 aliphatic heterocycles. The monoisotopic (exact) mass is 266 g/mol. The van der Waals surface area contributed by atoms with E-state index in [4.69, 9.17) is 18.0 Å². The lowest BCUT2D eigenvalue weighted by molar-refractivity contribution is 1.26. The number of H-pyrrole nitrogens is 1. The third-order valence-electron chi connectivity index (χ3n) is 2.88. The number of nitrogen functional groups attached to an aromatic ring is 1. The second kappa shape index (κ2) is 4.93. The maximum atomic E-state index is 9.28. The summed E-state index contributed by atoms with van der Waals surface area (Å²) in [4.78, 5) is 2.69. The van der Waals surface area contributed by atoms with Gasteiger partial charge in [-0.2, -0.15) is 10.5 Å². The molecule has 0 saturated heterocycles. The SMILES string of the molecule is Cc1ccccc1-c1c(C#N)c(N)[nH]c(=S)c1C#N. The van der Waals surface area contributed by atoms with E-state index in [9.17, 15) is 10.5 Å². The van der Waals surface area contributed by atoms with Gasteiger partial charge in [0.1, 0.15) is 28.2 Å². The maximum Gasteiger partial charge on any atom is 0.123 e. The average molecular weight is 266 g/mol. The molecule has 0 unspecified atom stereocenters. The highest BCUT2D eigenvalue weighted by Crippen LogP contribution is 2.32. The van der Waals surface area contributed by atoms with Gasteiger partial charge in [0.05, 0.1) is 5.56 Å². The zero-order valence-corrected chi connectivity index (χ0v) is 11.0. The molecule has 2 aromatic rings. The van der Waals surface area contributed by atoms with Crippen LogP contribution < -0.4 is 5.73 Å². The van der Waals surface area contributed by atoms with Crippen molar-refractivity contribution in [2.24, 2.45) is 0 Å². The zero-order valence-electron chi connectivity index (χ0n) is 10.2. The van der Waals surface area contributed by atoms with Crippen LogP contribution >= 0.6 is 12.2 Å².